The second-order valence-electron chi connectivity index (χ2n) is 4.27. The summed E-state index contributed by atoms with van der Waals surface area (Å²) >= 11 is 0.849. The number of hydrogen-bond acceptors (Lipinski definition) is 5. The van der Waals surface area contributed by atoms with E-state index >= 15 is 0 Å². The number of anilines is 1. The quantitative estimate of drug-likeness (QED) is 0.880. The Bertz CT molecular complexity index is 780. The molecule has 1 aromatic carbocycles. The van der Waals surface area contributed by atoms with E-state index in [-0.39, 0.29) is 9.77 Å². The molecular formula is C13H13NO5S2. The summed E-state index contributed by atoms with van der Waals surface area (Å²) in [6.45, 7) is 1.86. The van der Waals surface area contributed by atoms with Crippen LogP contribution in [-0.2, 0) is 10.0 Å². The lowest BCUT2D eigenvalue weighted by atomic mass is 10.2. The van der Waals surface area contributed by atoms with E-state index in [4.69, 9.17) is 9.84 Å². The molecule has 2 rings (SSSR count). The highest BCUT2D eigenvalue weighted by atomic mass is 32.2. The van der Waals surface area contributed by atoms with Gasteiger partial charge in [0.2, 0.25) is 0 Å². The largest absolute Gasteiger partial charge is 0.495 e. The molecule has 8 heteroatoms. The number of carboxylic acid groups (broad SMARTS) is 1. The van der Waals surface area contributed by atoms with Gasteiger partial charge in [0.25, 0.3) is 10.0 Å². The van der Waals surface area contributed by atoms with Gasteiger partial charge in [-0.3, -0.25) is 4.72 Å². The minimum absolute atomic E-state index is 0.0590. The van der Waals surface area contributed by atoms with Gasteiger partial charge < -0.3 is 9.84 Å². The van der Waals surface area contributed by atoms with Crippen LogP contribution in [0.15, 0.2) is 33.9 Å². The molecule has 2 N–H and O–H groups in total. The van der Waals surface area contributed by atoms with Crippen LogP contribution < -0.4 is 9.46 Å². The maximum absolute atomic E-state index is 12.2. The van der Waals surface area contributed by atoms with E-state index in [1.165, 1.54) is 12.5 Å². The zero-order chi connectivity index (χ0) is 15.6. The Morgan fingerprint density at radius 3 is 2.62 bits per heavy atom. The Balaban J connectivity index is 2.35. The average molecular weight is 327 g/mol. The van der Waals surface area contributed by atoms with Crippen LogP contribution in [0.25, 0.3) is 0 Å². The molecule has 0 aliphatic carbocycles. The lowest BCUT2D eigenvalue weighted by Crippen LogP contribution is -2.12. The van der Waals surface area contributed by atoms with Gasteiger partial charge in [0.05, 0.1) is 18.4 Å². The molecule has 0 unspecified atom stereocenters. The van der Waals surface area contributed by atoms with Gasteiger partial charge in [0.1, 0.15) is 9.96 Å². The number of carbonyl (C=O) groups is 1. The molecule has 6 nitrogen and oxygen atoms in total. The third-order valence-electron chi connectivity index (χ3n) is 2.69. The maximum Gasteiger partial charge on any atom is 0.336 e. The van der Waals surface area contributed by atoms with Crippen molar-refractivity contribution in [1.82, 2.24) is 0 Å². The van der Waals surface area contributed by atoms with Crippen molar-refractivity contribution in [3.05, 3.63) is 40.8 Å². The summed E-state index contributed by atoms with van der Waals surface area (Å²) in [6.07, 6.45) is 0. The van der Waals surface area contributed by atoms with Crippen molar-refractivity contribution in [2.75, 3.05) is 11.8 Å². The number of carboxylic acids is 1. The minimum atomic E-state index is -3.85. The molecule has 0 saturated carbocycles. The molecular weight excluding hydrogens is 314 g/mol. The molecule has 0 radical (unpaired) electrons. The second-order valence-corrected chi connectivity index (χ2v) is 7.09. The van der Waals surface area contributed by atoms with Gasteiger partial charge in [-0.2, -0.15) is 0 Å². The molecule has 0 saturated heterocycles. The topological polar surface area (TPSA) is 92.7 Å². The monoisotopic (exact) mass is 327 g/mol. The highest BCUT2D eigenvalue weighted by molar-refractivity contribution is 7.94. The van der Waals surface area contributed by atoms with Crippen LogP contribution in [0, 0.1) is 6.92 Å². The Hall–Kier alpha value is -2.06. The number of sulfonamides is 1. The number of nitrogens with one attached hydrogen (secondary N) is 1. The van der Waals surface area contributed by atoms with E-state index in [0.29, 0.717) is 11.4 Å². The molecule has 0 amide bonds. The van der Waals surface area contributed by atoms with Gasteiger partial charge in [-0.15, -0.1) is 11.3 Å². The Kier molecular flexibility index (Phi) is 4.19. The summed E-state index contributed by atoms with van der Waals surface area (Å²) in [5.41, 5.74) is 1.17. The van der Waals surface area contributed by atoms with Crippen molar-refractivity contribution < 1.29 is 23.1 Å². The Morgan fingerprint density at radius 1 is 1.33 bits per heavy atom. The first-order valence-electron chi connectivity index (χ1n) is 5.83. The zero-order valence-electron chi connectivity index (χ0n) is 11.3. The van der Waals surface area contributed by atoms with Crippen molar-refractivity contribution in [1.29, 1.82) is 0 Å². The van der Waals surface area contributed by atoms with E-state index in [1.54, 1.807) is 18.2 Å². The van der Waals surface area contributed by atoms with Gasteiger partial charge in [-0.05, 0) is 30.7 Å². The summed E-state index contributed by atoms with van der Waals surface area (Å²) in [5, 5.41) is 10.1. The van der Waals surface area contributed by atoms with Crippen molar-refractivity contribution in [2.24, 2.45) is 0 Å². The van der Waals surface area contributed by atoms with Gasteiger partial charge in [0, 0.05) is 5.38 Å². The fourth-order valence-corrected chi connectivity index (χ4v) is 3.87. The first kappa shape index (κ1) is 15.3. The van der Waals surface area contributed by atoms with Crippen molar-refractivity contribution in [3.8, 4) is 5.75 Å². The first-order valence-corrected chi connectivity index (χ1v) is 8.19. The minimum Gasteiger partial charge on any atom is -0.495 e. The number of ether oxygens (including phenoxy) is 1. The normalized spacial score (nSPS) is 11.1. The number of thiophene rings is 1. The number of hydrogen-bond donors (Lipinski definition) is 2. The van der Waals surface area contributed by atoms with Crippen LogP contribution in [0.3, 0.4) is 0 Å². The molecule has 0 bridgehead atoms. The lowest BCUT2D eigenvalue weighted by Gasteiger charge is -2.11. The first-order chi connectivity index (χ1) is 9.83. The number of aryl methyl sites for hydroxylation is 1. The van der Waals surface area contributed by atoms with Crippen LogP contribution in [0.5, 0.6) is 5.75 Å². The van der Waals surface area contributed by atoms with Crippen LogP contribution in [0.2, 0.25) is 0 Å². The molecule has 1 aromatic heterocycles. The summed E-state index contributed by atoms with van der Waals surface area (Å²) in [6, 6.07) is 6.17. The molecule has 0 aliphatic rings. The fraction of sp³-hybridized carbons (Fsp3) is 0.154. The van der Waals surface area contributed by atoms with Crippen molar-refractivity contribution >= 4 is 33.0 Å². The summed E-state index contributed by atoms with van der Waals surface area (Å²) < 4.78 is 31.9. The Morgan fingerprint density at radius 2 is 2.05 bits per heavy atom. The lowest BCUT2D eigenvalue weighted by molar-refractivity contribution is 0.0697. The third-order valence-corrected chi connectivity index (χ3v) is 5.49. The molecule has 0 atom stereocenters. The van der Waals surface area contributed by atoms with E-state index in [1.807, 2.05) is 6.92 Å². The molecule has 0 fully saturated rings. The predicted octanol–water partition coefficient (Wildman–Crippen LogP) is 2.56. The van der Waals surface area contributed by atoms with Gasteiger partial charge >= 0.3 is 5.97 Å². The SMILES string of the molecule is COc1cc(C)ccc1NS(=O)(=O)c1cc(C(=O)O)cs1. The average Bonchev–Trinajstić information content (AvgIpc) is 2.91. The summed E-state index contributed by atoms with van der Waals surface area (Å²) in [5.74, 6) is -0.769. The summed E-state index contributed by atoms with van der Waals surface area (Å²) in [4.78, 5) is 10.8. The highest BCUT2D eigenvalue weighted by Gasteiger charge is 2.20. The van der Waals surface area contributed by atoms with Crippen LogP contribution in [0.1, 0.15) is 15.9 Å². The van der Waals surface area contributed by atoms with Crippen molar-refractivity contribution in [3.63, 3.8) is 0 Å². The summed E-state index contributed by atoms with van der Waals surface area (Å²) in [7, 11) is -2.40. The van der Waals surface area contributed by atoms with Crippen molar-refractivity contribution in [2.45, 2.75) is 11.1 Å². The molecule has 2 aromatic rings. The second kappa shape index (κ2) is 5.74. The zero-order valence-corrected chi connectivity index (χ0v) is 12.9. The van der Waals surface area contributed by atoms with Crippen LogP contribution in [-0.4, -0.2) is 26.6 Å². The number of benzene rings is 1. The van der Waals surface area contributed by atoms with Gasteiger partial charge in [-0.1, -0.05) is 6.07 Å². The number of methoxy groups -OCH3 is 1. The smallest absolute Gasteiger partial charge is 0.336 e. The third kappa shape index (κ3) is 3.34. The van der Waals surface area contributed by atoms with E-state index in [9.17, 15) is 13.2 Å². The molecule has 21 heavy (non-hydrogen) atoms. The van der Waals surface area contributed by atoms with Gasteiger partial charge in [-0.25, -0.2) is 13.2 Å². The maximum atomic E-state index is 12.2. The van der Waals surface area contributed by atoms with E-state index < -0.39 is 16.0 Å². The standard InChI is InChI=1S/C13H13NO5S2/c1-8-3-4-10(11(5-8)19-2)14-21(17,18)12-6-9(7-20-12)13(15)16/h3-7,14H,1-2H3,(H,15,16). The highest BCUT2D eigenvalue weighted by Crippen LogP contribution is 2.29. The number of rotatable bonds is 5. The fourth-order valence-electron chi connectivity index (χ4n) is 1.65. The molecule has 1 heterocycles. The van der Waals surface area contributed by atoms with Crippen LogP contribution in [0.4, 0.5) is 5.69 Å². The molecule has 0 spiro atoms. The van der Waals surface area contributed by atoms with Crippen LogP contribution >= 0.6 is 11.3 Å². The Labute approximate surface area is 126 Å². The number of aromatic carboxylic acids is 1. The van der Waals surface area contributed by atoms with E-state index in [2.05, 4.69) is 4.72 Å². The van der Waals surface area contributed by atoms with E-state index in [0.717, 1.165) is 23.0 Å². The molecule has 0 aliphatic heterocycles. The molecule has 112 valence electrons. The van der Waals surface area contributed by atoms with Gasteiger partial charge in [0.15, 0.2) is 0 Å². The predicted molar refractivity (Wildman–Crippen MR) is 79.8 cm³/mol.